The first-order valence-corrected chi connectivity index (χ1v) is 12.5. The highest BCUT2D eigenvalue weighted by Crippen LogP contribution is 2.60. The molecule has 0 unspecified atom stereocenters. The predicted octanol–water partition coefficient (Wildman–Crippen LogP) is 3.90. The van der Waals surface area contributed by atoms with Gasteiger partial charge in [-0.3, -0.25) is 14.3 Å². The summed E-state index contributed by atoms with van der Waals surface area (Å²) in [5.41, 5.74) is 1.95. The monoisotopic (exact) mass is 448 g/mol. The van der Waals surface area contributed by atoms with Crippen LogP contribution in [0.5, 0.6) is 0 Å². The molecule has 4 aliphatic carbocycles. The molecule has 0 saturated heterocycles. The molecule has 1 aromatic heterocycles. The van der Waals surface area contributed by atoms with Crippen molar-refractivity contribution in [2.75, 3.05) is 0 Å². The van der Waals surface area contributed by atoms with Gasteiger partial charge in [0.25, 0.3) is 0 Å². The third kappa shape index (κ3) is 4.57. The average Bonchev–Trinajstić information content (AvgIpc) is 3.28. The Morgan fingerprint density at radius 2 is 1.67 bits per heavy atom. The predicted molar refractivity (Wildman–Crippen MR) is 127 cm³/mol. The number of carbonyl (C=O) groups excluding carboxylic acids is 2. The van der Waals surface area contributed by atoms with Crippen LogP contribution < -0.4 is 10.6 Å². The Morgan fingerprint density at radius 1 is 1.03 bits per heavy atom. The number of hydrogen-bond acceptors (Lipinski definition) is 3. The summed E-state index contributed by atoms with van der Waals surface area (Å²) in [6, 6.07) is 9.50. The van der Waals surface area contributed by atoms with Crippen molar-refractivity contribution in [3.63, 3.8) is 0 Å². The van der Waals surface area contributed by atoms with Crippen molar-refractivity contribution in [2.45, 2.75) is 71.5 Å². The summed E-state index contributed by atoms with van der Waals surface area (Å²) in [4.78, 5) is 26.7. The lowest BCUT2D eigenvalue weighted by Crippen LogP contribution is -2.58. The van der Waals surface area contributed by atoms with Crippen LogP contribution in [0.3, 0.4) is 0 Å². The fraction of sp³-hybridized carbons (Fsp3) is 0.593. The van der Waals surface area contributed by atoms with Crippen LogP contribution in [0, 0.1) is 29.1 Å². The van der Waals surface area contributed by atoms with Crippen LogP contribution >= 0.6 is 0 Å². The number of amides is 2. The van der Waals surface area contributed by atoms with Gasteiger partial charge < -0.3 is 10.6 Å². The fourth-order valence-corrected chi connectivity index (χ4v) is 6.96. The number of rotatable bonds is 8. The highest BCUT2D eigenvalue weighted by Gasteiger charge is 2.55. The molecule has 6 rings (SSSR count). The lowest BCUT2D eigenvalue weighted by molar-refractivity contribution is -0.149. The molecule has 0 radical (unpaired) electrons. The molecule has 6 heteroatoms. The molecule has 1 aromatic carbocycles. The van der Waals surface area contributed by atoms with Gasteiger partial charge in [-0.2, -0.15) is 5.10 Å². The summed E-state index contributed by atoms with van der Waals surface area (Å²) in [5.74, 6) is 2.17. The van der Waals surface area contributed by atoms with Crippen molar-refractivity contribution >= 4 is 11.8 Å². The Kier molecular flexibility index (Phi) is 6.02. The van der Waals surface area contributed by atoms with Crippen LogP contribution in [0.25, 0.3) is 0 Å². The topological polar surface area (TPSA) is 76.0 Å². The molecule has 2 N–H and O–H groups in total. The number of nitrogens with zero attached hydrogens (tertiary/aromatic N) is 2. The normalized spacial score (nSPS) is 28.6. The van der Waals surface area contributed by atoms with Crippen molar-refractivity contribution in [2.24, 2.45) is 29.1 Å². The van der Waals surface area contributed by atoms with Crippen LogP contribution in [0.2, 0.25) is 0 Å². The molecule has 0 aliphatic heterocycles. The molecule has 2 aromatic rings. The maximum atomic E-state index is 13.5. The number of benzene rings is 1. The summed E-state index contributed by atoms with van der Waals surface area (Å²) in [7, 11) is 0. The highest BCUT2D eigenvalue weighted by atomic mass is 16.2. The van der Waals surface area contributed by atoms with Gasteiger partial charge in [0.1, 0.15) is 6.04 Å². The quantitative estimate of drug-likeness (QED) is 0.643. The zero-order chi connectivity index (χ0) is 23.0. The zero-order valence-corrected chi connectivity index (χ0v) is 19.8. The van der Waals surface area contributed by atoms with E-state index in [4.69, 9.17) is 0 Å². The van der Waals surface area contributed by atoms with E-state index in [1.807, 2.05) is 49.0 Å². The van der Waals surface area contributed by atoms with E-state index in [-0.39, 0.29) is 23.1 Å². The molecular formula is C27H36N4O2. The first-order valence-electron chi connectivity index (χ1n) is 12.5. The van der Waals surface area contributed by atoms with Crippen molar-refractivity contribution in [3.05, 3.63) is 53.9 Å². The average molecular weight is 449 g/mol. The maximum Gasteiger partial charge on any atom is 0.243 e. The summed E-state index contributed by atoms with van der Waals surface area (Å²) in [6.45, 7) is 5.12. The van der Waals surface area contributed by atoms with E-state index in [1.165, 1.54) is 19.3 Å². The summed E-state index contributed by atoms with van der Waals surface area (Å²) < 4.78 is 1.88. The molecule has 4 aliphatic rings. The molecule has 33 heavy (non-hydrogen) atoms. The zero-order valence-electron chi connectivity index (χ0n) is 19.8. The van der Waals surface area contributed by atoms with Crippen LogP contribution in [-0.2, 0) is 22.7 Å². The van der Waals surface area contributed by atoms with Crippen LogP contribution in [0.15, 0.2) is 42.7 Å². The van der Waals surface area contributed by atoms with Gasteiger partial charge in [-0.1, -0.05) is 38.1 Å². The summed E-state index contributed by atoms with van der Waals surface area (Å²) in [5, 5.41) is 10.6. The minimum atomic E-state index is -0.510. The van der Waals surface area contributed by atoms with Gasteiger partial charge in [0, 0.05) is 24.4 Å². The lowest BCUT2D eigenvalue weighted by atomic mass is 9.49. The molecule has 6 nitrogen and oxygen atoms in total. The molecule has 2 amide bonds. The minimum absolute atomic E-state index is 0.0298. The lowest BCUT2D eigenvalue weighted by Gasteiger charge is -2.55. The van der Waals surface area contributed by atoms with Crippen molar-refractivity contribution in [3.8, 4) is 0 Å². The molecule has 4 fully saturated rings. The number of nitrogens with one attached hydrogen (secondary N) is 2. The van der Waals surface area contributed by atoms with E-state index in [0.29, 0.717) is 30.8 Å². The molecule has 0 spiro atoms. The first kappa shape index (κ1) is 22.2. The SMILES string of the molecule is CC(C)[C@@H](NC(=O)C12CC3CC(CC(C3)C1)C2)C(=O)NCc1ccccc1Cn1cccn1. The Hall–Kier alpha value is -2.63. The largest absolute Gasteiger partial charge is 0.350 e. The van der Waals surface area contributed by atoms with Gasteiger partial charge in [-0.25, -0.2) is 0 Å². The fourth-order valence-electron chi connectivity index (χ4n) is 6.96. The second-order valence-corrected chi connectivity index (χ2v) is 11.1. The van der Waals surface area contributed by atoms with Gasteiger partial charge in [0.15, 0.2) is 0 Å². The molecule has 176 valence electrons. The molecule has 1 atom stereocenters. The van der Waals surface area contributed by atoms with Crippen LogP contribution in [0.1, 0.15) is 63.5 Å². The Bertz CT molecular complexity index is 962. The Morgan fingerprint density at radius 3 is 2.24 bits per heavy atom. The van der Waals surface area contributed by atoms with Gasteiger partial charge in [0.2, 0.25) is 11.8 Å². The van der Waals surface area contributed by atoms with Gasteiger partial charge in [-0.05, 0) is 79.4 Å². The van der Waals surface area contributed by atoms with E-state index in [9.17, 15) is 9.59 Å². The van der Waals surface area contributed by atoms with Crippen molar-refractivity contribution in [1.29, 1.82) is 0 Å². The molecular weight excluding hydrogens is 412 g/mol. The smallest absolute Gasteiger partial charge is 0.243 e. The number of carbonyl (C=O) groups is 2. The van der Waals surface area contributed by atoms with E-state index in [0.717, 1.165) is 30.4 Å². The second-order valence-electron chi connectivity index (χ2n) is 11.1. The van der Waals surface area contributed by atoms with Crippen molar-refractivity contribution in [1.82, 2.24) is 20.4 Å². The van der Waals surface area contributed by atoms with E-state index < -0.39 is 6.04 Å². The number of hydrogen-bond donors (Lipinski definition) is 2. The number of aromatic nitrogens is 2. The van der Waals surface area contributed by atoms with Gasteiger partial charge in [-0.15, -0.1) is 0 Å². The van der Waals surface area contributed by atoms with Crippen molar-refractivity contribution < 1.29 is 9.59 Å². The second kappa shape index (κ2) is 8.96. The van der Waals surface area contributed by atoms with E-state index in [1.54, 1.807) is 6.20 Å². The third-order valence-electron chi connectivity index (χ3n) is 8.22. The van der Waals surface area contributed by atoms with Gasteiger partial charge >= 0.3 is 0 Å². The molecule has 4 saturated carbocycles. The van der Waals surface area contributed by atoms with Crippen LogP contribution in [-0.4, -0.2) is 27.6 Å². The van der Waals surface area contributed by atoms with E-state index >= 15 is 0 Å². The molecule has 4 bridgehead atoms. The minimum Gasteiger partial charge on any atom is -0.350 e. The first-order chi connectivity index (χ1) is 15.9. The Balaban J connectivity index is 1.23. The molecule has 1 heterocycles. The maximum absolute atomic E-state index is 13.5. The van der Waals surface area contributed by atoms with E-state index in [2.05, 4.69) is 21.8 Å². The third-order valence-corrected chi connectivity index (χ3v) is 8.22. The highest BCUT2D eigenvalue weighted by molar-refractivity contribution is 5.90. The van der Waals surface area contributed by atoms with Crippen LogP contribution in [0.4, 0.5) is 0 Å². The summed E-state index contributed by atoms with van der Waals surface area (Å²) >= 11 is 0. The summed E-state index contributed by atoms with van der Waals surface area (Å²) in [6.07, 6.45) is 10.7. The van der Waals surface area contributed by atoms with Gasteiger partial charge in [0.05, 0.1) is 6.54 Å². The standard InChI is InChI=1S/C27H36N4O2/c1-18(2)24(30-26(33)27-13-19-10-20(14-27)12-21(11-19)15-27)25(32)28-16-22-6-3-4-7-23(22)17-31-9-5-8-29-31/h3-9,18-21,24H,10-17H2,1-2H3,(H,28,32)(H,30,33)/t19?,20?,21?,24-,27?/m1/s1. The Labute approximate surface area is 196 Å².